The van der Waals surface area contributed by atoms with Crippen molar-refractivity contribution in [3.8, 4) is 0 Å². The van der Waals surface area contributed by atoms with Crippen molar-refractivity contribution in [2.24, 2.45) is 17.3 Å². The summed E-state index contributed by atoms with van der Waals surface area (Å²) in [7, 11) is 0. The lowest BCUT2D eigenvalue weighted by molar-refractivity contribution is -0.163. The number of amides is 1. The number of carbonyl (C=O) groups is 1. The average molecular weight is 359 g/mol. The molecule has 0 bridgehead atoms. The number of aliphatic hydroxyl groups is 1. The standard InChI is InChI=1S/C22H30FNO2/c1-15-4-3-5-17(19(15)23)10-16-6-8-22(9-7-16)13-24(14-22)20(25)18-11-21(2,26)12-18/h3-5,16,18,26H,6-14H2,1-2H3/t18-,21+. The van der Waals surface area contributed by atoms with Crippen molar-refractivity contribution in [3.63, 3.8) is 0 Å². The van der Waals surface area contributed by atoms with Gasteiger partial charge in [0.1, 0.15) is 5.82 Å². The SMILES string of the molecule is Cc1cccc(CC2CCC3(CC2)CN(C(=O)[C@H]2C[C@@](C)(O)C2)C3)c1F. The highest BCUT2D eigenvalue weighted by Crippen LogP contribution is 2.48. The van der Waals surface area contributed by atoms with E-state index in [1.54, 1.807) is 0 Å². The van der Waals surface area contributed by atoms with Gasteiger partial charge in [0.2, 0.25) is 5.91 Å². The maximum absolute atomic E-state index is 14.2. The van der Waals surface area contributed by atoms with Crippen molar-refractivity contribution in [1.82, 2.24) is 4.90 Å². The molecule has 4 heteroatoms. The fourth-order valence-corrected chi connectivity index (χ4v) is 5.34. The third-order valence-electron chi connectivity index (χ3n) is 7.03. The van der Waals surface area contributed by atoms with Crippen molar-refractivity contribution < 1.29 is 14.3 Å². The zero-order valence-corrected chi connectivity index (χ0v) is 15.9. The minimum Gasteiger partial charge on any atom is -0.390 e. The number of hydrogen-bond acceptors (Lipinski definition) is 2. The van der Waals surface area contributed by atoms with Crippen molar-refractivity contribution in [2.45, 2.75) is 64.4 Å². The lowest BCUT2D eigenvalue weighted by Crippen LogP contribution is -2.62. The summed E-state index contributed by atoms with van der Waals surface area (Å²) in [6.45, 7) is 5.41. The van der Waals surface area contributed by atoms with Gasteiger partial charge in [0.25, 0.3) is 0 Å². The molecule has 142 valence electrons. The molecule has 4 rings (SSSR count). The second kappa shape index (κ2) is 6.33. The highest BCUT2D eigenvalue weighted by Gasteiger charge is 2.51. The van der Waals surface area contributed by atoms with E-state index < -0.39 is 5.60 Å². The number of hydrogen-bond donors (Lipinski definition) is 1. The van der Waals surface area contributed by atoms with E-state index in [0.29, 0.717) is 24.2 Å². The Balaban J connectivity index is 1.26. The fourth-order valence-electron chi connectivity index (χ4n) is 5.34. The van der Waals surface area contributed by atoms with Crippen molar-refractivity contribution in [2.75, 3.05) is 13.1 Å². The Morgan fingerprint density at radius 2 is 1.92 bits per heavy atom. The highest BCUT2D eigenvalue weighted by atomic mass is 19.1. The Kier molecular flexibility index (Phi) is 4.37. The third kappa shape index (κ3) is 3.28. The molecule has 2 aliphatic carbocycles. The molecule has 2 saturated carbocycles. The van der Waals surface area contributed by atoms with Gasteiger partial charge in [-0.25, -0.2) is 4.39 Å². The van der Waals surface area contributed by atoms with E-state index >= 15 is 0 Å². The Hall–Kier alpha value is -1.42. The predicted molar refractivity (Wildman–Crippen MR) is 99.2 cm³/mol. The molecule has 1 aromatic carbocycles. The quantitative estimate of drug-likeness (QED) is 0.890. The van der Waals surface area contributed by atoms with Gasteiger partial charge < -0.3 is 10.0 Å². The molecule has 0 radical (unpaired) electrons. The van der Waals surface area contributed by atoms with Crippen LogP contribution in [0.3, 0.4) is 0 Å². The molecule has 26 heavy (non-hydrogen) atoms. The summed E-state index contributed by atoms with van der Waals surface area (Å²) < 4.78 is 14.2. The van der Waals surface area contributed by atoms with E-state index in [0.717, 1.165) is 56.3 Å². The second-order valence-corrected chi connectivity index (χ2v) is 9.49. The van der Waals surface area contributed by atoms with E-state index in [4.69, 9.17) is 0 Å². The first kappa shape index (κ1) is 18.0. The van der Waals surface area contributed by atoms with Crippen LogP contribution in [0.5, 0.6) is 0 Å². The zero-order chi connectivity index (χ0) is 18.5. The van der Waals surface area contributed by atoms with E-state index in [2.05, 4.69) is 0 Å². The lowest BCUT2D eigenvalue weighted by Gasteiger charge is -2.55. The predicted octanol–water partition coefficient (Wildman–Crippen LogP) is 3.86. The number of likely N-dealkylation sites (tertiary alicyclic amines) is 1. The zero-order valence-electron chi connectivity index (χ0n) is 15.9. The number of benzene rings is 1. The fraction of sp³-hybridized carbons (Fsp3) is 0.682. The van der Waals surface area contributed by atoms with Gasteiger partial charge in [0.05, 0.1) is 5.60 Å². The average Bonchev–Trinajstić information content (AvgIpc) is 2.55. The summed E-state index contributed by atoms with van der Waals surface area (Å²) in [6.07, 6.45) is 6.62. The Morgan fingerprint density at radius 1 is 1.27 bits per heavy atom. The van der Waals surface area contributed by atoms with Crippen LogP contribution in [0.4, 0.5) is 4.39 Å². The number of halogens is 1. The van der Waals surface area contributed by atoms with Crippen molar-refractivity contribution >= 4 is 5.91 Å². The van der Waals surface area contributed by atoms with Crippen LogP contribution in [0.2, 0.25) is 0 Å². The van der Waals surface area contributed by atoms with Crippen LogP contribution in [0.25, 0.3) is 0 Å². The number of aryl methyl sites for hydroxylation is 1. The molecule has 1 heterocycles. The molecule has 0 aromatic heterocycles. The Labute approximate surface area is 155 Å². The van der Waals surface area contributed by atoms with Gasteiger partial charge in [0, 0.05) is 24.4 Å². The van der Waals surface area contributed by atoms with Gasteiger partial charge in [-0.1, -0.05) is 18.2 Å². The molecule has 0 unspecified atom stereocenters. The molecule has 3 aliphatic rings. The molecule has 1 aliphatic heterocycles. The number of rotatable bonds is 3. The van der Waals surface area contributed by atoms with E-state index in [9.17, 15) is 14.3 Å². The maximum Gasteiger partial charge on any atom is 0.225 e. The molecule has 3 fully saturated rings. The van der Waals surface area contributed by atoms with Crippen molar-refractivity contribution in [1.29, 1.82) is 0 Å². The monoisotopic (exact) mass is 359 g/mol. The van der Waals surface area contributed by atoms with Gasteiger partial charge in [-0.15, -0.1) is 0 Å². The van der Waals surface area contributed by atoms with Gasteiger partial charge >= 0.3 is 0 Å². The van der Waals surface area contributed by atoms with Crippen LogP contribution in [-0.4, -0.2) is 34.6 Å². The first-order valence-corrected chi connectivity index (χ1v) is 10.0. The molecule has 1 saturated heterocycles. The minimum absolute atomic E-state index is 0.0305. The topological polar surface area (TPSA) is 40.5 Å². The van der Waals surface area contributed by atoms with Crippen LogP contribution in [0.1, 0.15) is 56.6 Å². The summed E-state index contributed by atoms with van der Waals surface area (Å²) in [6, 6.07) is 5.70. The minimum atomic E-state index is -0.633. The van der Waals surface area contributed by atoms with E-state index in [1.165, 1.54) is 0 Å². The van der Waals surface area contributed by atoms with Gasteiger partial charge in [-0.2, -0.15) is 0 Å². The maximum atomic E-state index is 14.2. The van der Waals surface area contributed by atoms with Gasteiger partial charge in [0.15, 0.2) is 0 Å². The largest absolute Gasteiger partial charge is 0.390 e. The van der Waals surface area contributed by atoms with Crippen LogP contribution < -0.4 is 0 Å². The van der Waals surface area contributed by atoms with Crippen LogP contribution in [0, 0.1) is 30.0 Å². The van der Waals surface area contributed by atoms with Crippen molar-refractivity contribution in [3.05, 3.63) is 35.1 Å². The Morgan fingerprint density at radius 3 is 2.54 bits per heavy atom. The highest BCUT2D eigenvalue weighted by molar-refractivity contribution is 5.81. The summed E-state index contributed by atoms with van der Waals surface area (Å²) in [5.41, 5.74) is 1.27. The molecular formula is C22H30FNO2. The molecule has 0 atom stereocenters. The second-order valence-electron chi connectivity index (χ2n) is 9.49. The lowest BCUT2D eigenvalue weighted by atomic mass is 9.64. The molecule has 1 spiro atoms. The first-order valence-electron chi connectivity index (χ1n) is 10.0. The number of carbonyl (C=O) groups excluding carboxylic acids is 1. The van der Waals surface area contributed by atoms with E-state index in [-0.39, 0.29) is 17.6 Å². The summed E-state index contributed by atoms with van der Waals surface area (Å²) in [5.74, 6) is 0.794. The molecule has 3 nitrogen and oxygen atoms in total. The van der Waals surface area contributed by atoms with Crippen LogP contribution in [-0.2, 0) is 11.2 Å². The molecular weight excluding hydrogens is 329 g/mol. The summed E-state index contributed by atoms with van der Waals surface area (Å²) in [4.78, 5) is 14.5. The van der Waals surface area contributed by atoms with Crippen LogP contribution >= 0.6 is 0 Å². The first-order chi connectivity index (χ1) is 12.3. The molecule has 1 N–H and O–H groups in total. The van der Waals surface area contributed by atoms with E-state index in [1.807, 2.05) is 36.9 Å². The summed E-state index contributed by atoms with van der Waals surface area (Å²) >= 11 is 0. The van der Waals surface area contributed by atoms with Gasteiger partial charge in [-0.3, -0.25) is 4.79 Å². The normalized spacial score (nSPS) is 30.8. The summed E-state index contributed by atoms with van der Waals surface area (Å²) in [5, 5.41) is 9.84. The van der Waals surface area contributed by atoms with Gasteiger partial charge in [-0.05, 0) is 75.8 Å². The molecule has 1 aromatic rings. The third-order valence-corrected chi connectivity index (χ3v) is 7.03. The smallest absolute Gasteiger partial charge is 0.225 e. The molecule has 1 amide bonds. The van der Waals surface area contributed by atoms with Crippen LogP contribution in [0.15, 0.2) is 18.2 Å². The Bertz CT molecular complexity index is 690. The number of nitrogens with zero attached hydrogens (tertiary/aromatic N) is 1.